The van der Waals surface area contributed by atoms with Crippen LogP contribution >= 0.6 is 0 Å². The molecule has 1 heterocycles. The molecule has 0 N–H and O–H groups in total. The van der Waals surface area contributed by atoms with E-state index >= 15 is 0 Å². The molecule has 0 radical (unpaired) electrons. The Morgan fingerprint density at radius 1 is 1.12 bits per heavy atom. The maximum absolute atomic E-state index is 12.4. The van der Waals surface area contributed by atoms with Crippen LogP contribution in [0.15, 0.2) is 23.8 Å². The van der Waals surface area contributed by atoms with Crippen LogP contribution < -0.4 is 0 Å². The summed E-state index contributed by atoms with van der Waals surface area (Å²) in [5.74, 6) is 1.44. The molecule has 0 aromatic rings. The molecule has 3 fully saturated rings. The minimum Gasteiger partial charge on any atom is -0.469 e. The quantitative estimate of drug-likeness (QED) is 0.161. The molecule has 3 unspecified atom stereocenters. The van der Waals surface area contributed by atoms with Gasteiger partial charge in [-0.1, -0.05) is 37.5 Å². The number of methoxy groups -OCH3 is 1. The van der Waals surface area contributed by atoms with Gasteiger partial charge in [-0.25, -0.2) is 0 Å². The molecule has 1 aliphatic heterocycles. The molecule has 3 aliphatic rings. The van der Waals surface area contributed by atoms with Crippen LogP contribution in [0.4, 0.5) is 0 Å². The molecule has 5 atom stereocenters. The van der Waals surface area contributed by atoms with E-state index in [0.717, 1.165) is 77.2 Å². The van der Waals surface area contributed by atoms with Gasteiger partial charge in [-0.05, 0) is 75.7 Å². The zero-order valence-corrected chi connectivity index (χ0v) is 20.1. The Morgan fingerprint density at radius 2 is 2.00 bits per heavy atom. The lowest BCUT2D eigenvalue weighted by molar-refractivity contribution is -0.192. The molecule has 32 heavy (non-hydrogen) atoms. The van der Waals surface area contributed by atoms with Crippen LogP contribution in [0.3, 0.4) is 0 Å². The van der Waals surface area contributed by atoms with Crippen molar-refractivity contribution in [3.8, 4) is 0 Å². The lowest BCUT2D eigenvalue weighted by Gasteiger charge is -2.29. The number of hydrogen-bond acceptors (Lipinski definition) is 5. The Labute approximate surface area is 193 Å². The lowest BCUT2D eigenvalue weighted by atomic mass is 9.89. The SMILES string of the molecule is CCCCCC(=O)C=CC1C(OC2CCCCO2)C[C@H]2C(=CCCCC(=O)OC)CC[C@H]12. The average molecular weight is 447 g/mol. The van der Waals surface area contributed by atoms with E-state index < -0.39 is 0 Å². The minimum absolute atomic E-state index is 0.101. The molecule has 0 spiro atoms. The molecule has 3 rings (SSSR count). The molecule has 5 nitrogen and oxygen atoms in total. The van der Waals surface area contributed by atoms with Crippen molar-refractivity contribution in [3.63, 3.8) is 0 Å². The third-order valence-electron chi connectivity index (χ3n) is 7.38. The number of ketones is 1. The first-order valence-electron chi connectivity index (χ1n) is 12.9. The van der Waals surface area contributed by atoms with E-state index in [0.29, 0.717) is 24.7 Å². The van der Waals surface area contributed by atoms with Gasteiger partial charge in [0.05, 0.1) is 13.2 Å². The molecule has 1 saturated heterocycles. The Hall–Kier alpha value is -1.46. The van der Waals surface area contributed by atoms with Crippen LogP contribution in [-0.4, -0.2) is 37.9 Å². The highest BCUT2D eigenvalue weighted by atomic mass is 16.7. The molecule has 180 valence electrons. The zero-order chi connectivity index (χ0) is 22.8. The number of ether oxygens (including phenoxy) is 3. The van der Waals surface area contributed by atoms with Gasteiger partial charge < -0.3 is 14.2 Å². The van der Waals surface area contributed by atoms with Gasteiger partial charge in [0.1, 0.15) is 0 Å². The summed E-state index contributed by atoms with van der Waals surface area (Å²) in [6, 6.07) is 0. The Morgan fingerprint density at radius 3 is 2.75 bits per heavy atom. The summed E-state index contributed by atoms with van der Waals surface area (Å²) in [6.07, 6.45) is 19.0. The molecule has 0 aromatic carbocycles. The van der Waals surface area contributed by atoms with Gasteiger partial charge in [-0.15, -0.1) is 0 Å². The Balaban J connectivity index is 1.62. The van der Waals surface area contributed by atoms with Crippen LogP contribution in [0.5, 0.6) is 0 Å². The second kappa shape index (κ2) is 13.3. The number of hydrogen-bond donors (Lipinski definition) is 0. The summed E-state index contributed by atoms with van der Waals surface area (Å²) in [7, 11) is 1.44. The molecule has 0 bridgehead atoms. The molecule has 5 heteroatoms. The van der Waals surface area contributed by atoms with Gasteiger partial charge >= 0.3 is 5.97 Å². The second-order valence-electron chi connectivity index (χ2n) is 9.62. The highest BCUT2D eigenvalue weighted by Crippen LogP contribution is 2.52. The summed E-state index contributed by atoms with van der Waals surface area (Å²) in [5.41, 5.74) is 1.52. The number of carbonyl (C=O) groups excluding carboxylic acids is 2. The number of rotatable bonds is 12. The highest BCUT2D eigenvalue weighted by molar-refractivity contribution is 5.89. The summed E-state index contributed by atoms with van der Waals surface area (Å²) in [5, 5.41) is 0. The second-order valence-corrected chi connectivity index (χ2v) is 9.62. The van der Waals surface area contributed by atoms with Crippen molar-refractivity contribution < 1.29 is 23.8 Å². The van der Waals surface area contributed by atoms with Crippen molar-refractivity contribution in [1.82, 2.24) is 0 Å². The van der Waals surface area contributed by atoms with Crippen molar-refractivity contribution in [1.29, 1.82) is 0 Å². The molecular weight excluding hydrogens is 404 g/mol. The van der Waals surface area contributed by atoms with Gasteiger partial charge in [0, 0.05) is 25.4 Å². The average Bonchev–Trinajstić information content (AvgIpc) is 3.35. The van der Waals surface area contributed by atoms with Crippen LogP contribution in [0.2, 0.25) is 0 Å². The first-order chi connectivity index (χ1) is 15.6. The van der Waals surface area contributed by atoms with Crippen LogP contribution in [0.1, 0.15) is 90.4 Å². The van der Waals surface area contributed by atoms with E-state index in [1.165, 1.54) is 12.7 Å². The number of unbranched alkanes of at least 4 members (excludes halogenated alkanes) is 3. The highest BCUT2D eigenvalue weighted by Gasteiger charge is 2.47. The van der Waals surface area contributed by atoms with Gasteiger partial charge in [0.15, 0.2) is 12.1 Å². The van der Waals surface area contributed by atoms with Gasteiger partial charge in [-0.3, -0.25) is 9.59 Å². The van der Waals surface area contributed by atoms with Crippen LogP contribution in [-0.2, 0) is 23.8 Å². The van der Waals surface area contributed by atoms with Crippen LogP contribution in [0, 0.1) is 17.8 Å². The Kier molecular flexibility index (Phi) is 10.5. The standard InChI is InChI=1S/C27H42O5/c1-3-4-5-11-21(28)15-17-23-22-16-14-20(10-6-7-12-26(29)30-2)24(22)19-25(23)32-27-13-8-9-18-31-27/h10,15,17,22-25,27H,3-9,11-14,16,18-19H2,1-2H3/t22-,23?,24+,25?,27?/m1/s1. The predicted molar refractivity (Wildman–Crippen MR) is 125 cm³/mol. The van der Waals surface area contributed by atoms with Crippen molar-refractivity contribution in [2.24, 2.45) is 17.8 Å². The third kappa shape index (κ3) is 7.28. The first-order valence-corrected chi connectivity index (χ1v) is 12.9. The summed E-state index contributed by atoms with van der Waals surface area (Å²) in [6.45, 7) is 2.95. The zero-order valence-electron chi connectivity index (χ0n) is 20.1. The Bertz CT molecular complexity index is 661. The first kappa shape index (κ1) is 25.2. The van der Waals surface area contributed by atoms with E-state index in [4.69, 9.17) is 14.2 Å². The van der Waals surface area contributed by atoms with Crippen molar-refractivity contribution in [2.75, 3.05) is 13.7 Å². The topological polar surface area (TPSA) is 61.8 Å². The van der Waals surface area contributed by atoms with Gasteiger partial charge in [-0.2, -0.15) is 0 Å². The van der Waals surface area contributed by atoms with E-state index in [1.807, 2.05) is 6.08 Å². The molecule has 0 aromatic heterocycles. The van der Waals surface area contributed by atoms with Crippen molar-refractivity contribution in [3.05, 3.63) is 23.8 Å². The molecule has 2 aliphatic carbocycles. The van der Waals surface area contributed by atoms with E-state index in [-0.39, 0.29) is 30.1 Å². The van der Waals surface area contributed by atoms with Gasteiger partial charge in [0.2, 0.25) is 0 Å². The summed E-state index contributed by atoms with van der Waals surface area (Å²) in [4.78, 5) is 23.7. The number of carbonyl (C=O) groups is 2. The maximum atomic E-state index is 12.4. The largest absolute Gasteiger partial charge is 0.469 e. The fourth-order valence-corrected chi connectivity index (χ4v) is 5.63. The summed E-state index contributed by atoms with van der Waals surface area (Å²) >= 11 is 0. The van der Waals surface area contributed by atoms with Crippen LogP contribution in [0.25, 0.3) is 0 Å². The van der Waals surface area contributed by atoms with E-state index in [2.05, 4.69) is 19.1 Å². The lowest BCUT2D eigenvalue weighted by Crippen LogP contribution is -2.30. The van der Waals surface area contributed by atoms with Crippen molar-refractivity contribution >= 4 is 11.8 Å². The fraction of sp³-hybridized carbons (Fsp3) is 0.778. The number of fused-ring (bicyclic) bond motifs is 1. The molecular formula is C27H42O5. The number of allylic oxidation sites excluding steroid dienone is 3. The van der Waals surface area contributed by atoms with Crippen molar-refractivity contribution in [2.45, 2.75) is 103 Å². The van der Waals surface area contributed by atoms with E-state index in [1.54, 1.807) is 0 Å². The normalized spacial score (nSPS) is 31.3. The smallest absolute Gasteiger partial charge is 0.305 e. The van der Waals surface area contributed by atoms with E-state index in [9.17, 15) is 9.59 Å². The predicted octanol–water partition coefficient (Wildman–Crippen LogP) is 5.92. The maximum Gasteiger partial charge on any atom is 0.305 e. The molecule has 0 amide bonds. The monoisotopic (exact) mass is 446 g/mol. The van der Waals surface area contributed by atoms with Gasteiger partial charge in [0.25, 0.3) is 0 Å². The number of esters is 1. The fourth-order valence-electron chi connectivity index (χ4n) is 5.63. The third-order valence-corrected chi connectivity index (χ3v) is 7.38. The molecule has 2 saturated carbocycles. The summed E-state index contributed by atoms with van der Waals surface area (Å²) < 4.78 is 17.1. The minimum atomic E-state index is -0.136.